The van der Waals surface area contributed by atoms with E-state index in [4.69, 9.17) is 0 Å². The number of aromatic nitrogens is 1. The van der Waals surface area contributed by atoms with Crippen molar-refractivity contribution in [1.29, 1.82) is 0 Å². The van der Waals surface area contributed by atoms with Crippen LogP contribution in [0.25, 0.3) is 17.0 Å². The fraction of sp³-hybridized carbons (Fsp3) is 0.143. The van der Waals surface area contributed by atoms with Crippen molar-refractivity contribution in [1.82, 2.24) is 9.88 Å². The molecule has 3 aromatic rings. The molecular formula is C21H17BrN2O2S. The summed E-state index contributed by atoms with van der Waals surface area (Å²) < 4.78 is 3.28. The molecule has 0 bridgehead atoms. The zero-order valence-corrected chi connectivity index (χ0v) is 17.1. The largest absolute Gasteiger partial charge is 0.342 e. The summed E-state index contributed by atoms with van der Waals surface area (Å²) in [5, 5.41) is 3.08. The molecule has 4 nitrogen and oxygen atoms in total. The molecule has 4 rings (SSSR count). The summed E-state index contributed by atoms with van der Waals surface area (Å²) in [6, 6.07) is 14.5. The van der Waals surface area contributed by atoms with E-state index in [-0.39, 0.29) is 11.1 Å². The van der Waals surface area contributed by atoms with Crippen LogP contribution in [0.1, 0.15) is 23.6 Å². The summed E-state index contributed by atoms with van der Waals surface area (Å²) in [5.41, 5.74) is 4.58. The summed E-state index contributed by atoms with van der Waals surface area (Å²) in [5.74, 6) is -0.328. The van der Waals surface area contributed by atoms with Gasteiger partial charge in [-0.3, -0.25) is 14.9 Å². The van der Waals surface area contributed by atoms with E-state index in [0.29, 0.717) is 4.91 Å². The van der Waals surface area contributed by atoms with Crippen LogP contribution in [0.15, 0.2) is 58.0 Å². The van der Waals surface area contributed by atoms with Crippen molar-refractivity contribution in [3.8, 4) is 0 Å². The van der Waals surface area contributed by atoms with Gasteiger partial charge in [-0.1, -0.05) is 53.2 Å². The molecule has 1 fully saturated rings. The van der Waals surface area contributed by atoms with Gasteiger partial charge in [0, 0.05) is 28.2 Å². The lowest BCUT2D eigenvalue weighted by Gasteiger charge is -2.09. The highest BCUT2D eigenvalue weighted by molar-refractivity contribution is 9.10. The van der Waals surface area contributed by atoms with Crippen LogP contribution in [-0.4, -0.2) is 15.7 Å². The van der Waals surface area contributed by atoms with E-state index in [2.05, 4.69) is 63.2 Å². The van der Waals surface area contributed by atoms with Crippen molar-refractivity contribution in [3.05, 3.63) is 74.7 Å². The van der Waals surface area contributed by atoms with Crippen molar-refractivity contribution < 1.29 is 9.59 Å². The van der Waals surface area contributed by atoms with Gasteiger partial charge in [0.1, 0.15) is 0 Å². The van der Waals surface area contributed by atoms with Crippen molar-refractivity contribution >= 4 is 55.8 Å². The third-order valence-corrected chi connectivity index (χ3v) is 5.93. The molecule has 2 amide bonds. The van der Waals surface area contributed by atoms with E-state index in [9.17, 15) is 9.59 Å². The second-order valence-corrected chi connectivity index (χ2v) is 8.29. The molecule has 0 spiro atoms. The molecule has 0 saturated carbocycles. The Morgan fingerprint density at radius 1 is 1.15 bits per heavy atom. The van der Waals surface area contributed by atoms with Gasteiger partial charge in [0.05, 0.1) is 10.4 Å². The molecule has 1 N–H and O–H groups in total. The molecule has 6 heteroatoms. The average Bonchev–Trinajstić information content (AvgIpc) is 3.16. The number of imide groups is 1. The zero-order chi connectivity index (χ0) is 19.0. The minimum Gasteiger partial charge on any atom is -0.342 e. The first kappa shape index (κ1) is 18.1. The Balaban J connectivity index is 1.83. The summed E-state index contributed by atoms with van der Waals surface area (Å²) in [6.45, 7) is 2.88. The van der Waals surface area contributed by atoms with Crippen LogP contribution in [0.3, 0.4) is 0 Å². The number of hydrogen-bond donors (Lipinski definition) is 1. The number of halogens is 1. The number of benzene rings is 2. The molecule has 1 saturated heterocycles. The first-order valence-corrected chi connectivity index (χ1v) is 10.3. The third-order valence-electron chi connectivity index (χ3n) is 4.59. The highest BCUT2D eigenvalue weighted by atomic mass is 79.9. The fourth-order valence-corrected chi connectivity index (χ4v) is 4.28. The maximum absolute atomic E-state index is 11.9. The number of thioether (sulfide) groups is 1. The van der Waals surface area contributed by atoms with Crippen LogP contribution < -0.4 is 5.32 Å². The Morgan fingerprint density at radius 2 is 1.93 bits per heavy atom. The number of fused-ring (bicyclic) bond motifs is 1. The first-order chi connectivity index (χ1) is 13.0. The Labute approximate surface area is 169 Å². The smallest absolute Gasteiger partial charge is 0.290 e. The van der Waals surface area contributed by atoms with E-state index >= 15 is 0 Å². The quantitative estimate of drug-likeness (QED) is 0.557. The maximum atomic E-state index is 11.9. The minimum atomic E-state index is -0.328. The van der Waals surface area contributed by atoms with Gasteiger partial charge in [0.2, 0.25) is 0 Å². The van der Waals surface area contributed by atoms with Crippen molar-refractivity contribution in [2.24, 2.45) is 0 Å². The maximum Gasteiger partial charge on any atom is 0.290 e. The Bertz CT molecular complexity index is 1080. The number of rotatable bonds is 4. The number of carbonyl (C=O) groups excluding carboxylic acids is 2. The van der Waals surface area contributed by atoms with Gasteiger partial charge in [-0.2, -0.15) is 0 Å². The summed E-state index contributed by atoms with van der Waals surface area (Å²) >= 11 is 4.42. The SMILES string of the molecule is CCc1cccc2c(/C=C3\SC(=O)NC3=O)cn(Cc3ccc(Br)cc3)c12. The van der Waals surface area contributed by atoms with Gasteiger partial charge in [-0.05, 0) is 47.5 Å². The predicted molar refractivity (Wildman–Crippen MR) is 114 cm³/mol. The Hall–Kier alpha value is -2.31. The molecule has 1 aliphatic rings. The van der Waals surface area contributed by atoms with Gasteiger partial charge < -0.3 is 4.57 Å². The molecule has 0 aliphatic carbocycles. The highest BCUT2D eigenvalue weighted by Gasteiger charge is 2.25. The normalized spacial score (nSPS) is 15.7. The van der Waals surface area contributed by atoms with Crippen LogP contribution in [0, 0.1) is 0 Å². The van der Waals surface area contributed by atoms with Crippen LogP contribution in [0.4, 0.5) is 4.79 Å². The molecule has 27 heavy (non-hydrogen) atoms. The van der Waals surface area contributed by atoms with Gasteiger partial charge >= 0.3 is 0 Å². The van der Waals surface area contributed by atoms with Gasteiger partial charge in [0.15, 0.2) is 0 Å². The van der Waals surface area contributed by atoms with Crippen molar-refractivity contribution in [2.75, 3.05) is 0 Å². The number of amides is 2. The van der Waals surface area contributed by atoms with Crippen LogP contribution >= 0.6 is 27.7 Å². The van der Waals surface area contributed by atoms with E-state index < -0.39 is 0 Å². The standard InChI is InChI=1S/C21H17BrN2O2S/c1-2-14-4-3-5-17-15(10-18-20(25)23-21(26)27-18)12-24(19(14)17)11-13-6-8-16(22)9-7-13/h3-10,12H,2,11H2,1H3,(H,23,25,26)/b18-10-. The number of nitrogens with zero attached hydrogens (tertiary/aromatic N) is 1. The van der Waals surface area contributed by atoms with Crippen molar-refractivity contribution in [3.63, 3.8) is 0 Å². The lowest BCUT2D eigenvalue weighted by Crippen LogP contribution is -2.17. The molecule has 0 unspecified atom stereocenters. The summed E-state index contributed by atoms with van der Waals surface area (Å²) in [6.07, 6.45) is 4.80. The number of carbonyl (C=O) groups is 2. The van der Waals surface area contributed by atoms with Gasteiger partial charge in [0.25, 0.3) is 11.1 Å². The fourth-order valence-electron chi connectivity index (χ4n) is 3.34. The lowest BCUT2D eigenvalue weighted by molar-refractivity contribution is -0.115. The number of aryl methyl sites for hydroxylation is 1. The lowest BCUT2D eigenvalue weighted by atomic mass is 10.1. The number of nitrogens with one attached hydrogen (secondary N) is 1. The van der Waals surface area contributed by atoms with Gasteiger partial charge in [-0.15, -0.1) is 0 Å². The second-order valence-electron chi connectivity index (χ2n) is 6.36. The number of para-hydroxylation sites is 1. The summed E-state index contributed by atoms with van der Waals surface area (Å²) in [7, 11) is 0. The van der Waals surface area contributed by atoms with E-state index in [1.165, 1.54) is 16.6 Å². The van der Waals surface area contributed by atoms with Gasteiger partial charge in [-0.25, -0.2) is 0 Å². The van der Waals surface area contributed by atoms with Crippen LogP contribution in [0.5, 0.6) is 0 Å². The highest BCUT2D eigenvalue weighted by Crippen LogP contribution is 2.31. The molecule has 0 radical (unpaired) electrons. The predicted octanol–water partition coefficient (Wildman–Crippen LogP) is 5.34. The number of hydrogen-bond acceptors (Lipinski definition) is 3. The average molecular weight is 441 g/mol. The zero-order valence-electron chi connectivity index (χ0n) is 14.7. The van der Waals surface area contributed by atoms with Crippen LogP contribution in [0.2, 0.25) is 0 Å². The minimum absolute atomic E-state index is 0.320. The Kier molecular flexibility index (Phi) is 4.93. The topological polar surface area (TPSA) is 51.1 Å². The van der Waals surface area contributed by atoms with Crippen LogP contribution in [-0.2, 0) is 17.8 Å². The van der Waals surface area contributed by atoms with Crippen molar-refractivity contribution in [2.45, 2.75) is 19.9 Å². The molecular weight excluding hydrogens is 424 g/mol. The second kappa shape index (κ2) is 7.37. The van der Waals surface area contributed by atoms with E-state index in [1.807, 2.05) is 24.3 Å². The molecule has 136 valence electrons. The molecule has 2 heterocycles. The third kappa shape index (κ3) is 3.59. The molecule has 1 aliphatic heterocycles. The molecule has 0 atom stereocenters. The monoisotopic (exact) mass is 440 g/mol. The Morgan fingerprint density at radius 3 is 2.59 bits per heavy atom. The first-order valence-electron chi connectivity index (χ1n) is 8.65. The molecule has 1 aromatic heterocycles. The van der Waals surface area contributed by atoms with E-state index in [1.54, 1.807) is 0 Å². The summed E-state index contributed by atoms with van der Waals surface area (Å²) in [4.78, 5) is 23.9. The molecule has 2 aromatic carbocycles. The van der Waals surface area contributed by atoms with E-state index in [0.717, 1.165) is 40.1 Å².